The van der Waals surface area contributed by atoms with Crippen molar-refractivity contribution in [3.8, 4) is 0 Å². The molecule has 4 nitrogen and oxygen atoms in total. The van der Waals surface area contributed by atoms with Crippen molar-refractivity contribution in [1.29, 1.82) is 0 Å². The summed E-state index contributed by atoms with van der Waals surface area (Å²) in [6.07, 6.45) is 1.20. The Kier molecular flexibility index (Phi) is 5.31. The van der Waals surface area contributed by atoms with E-state index in [9.17, 15) is 9.90 Å². The van der Waals surface area contributed by atoms with Crippen LogP contribution in [-0.2, 0) is 4.79 Å². The number of hydrogen-bond donors (Lipinski definition) is 3. The second-order valence-corrected chi connectivity index (χ2v) is 4.54. The molecule has 4 heteroatoms. The summed E-state index contributed by atoms with van der Waals surface area (Å²) in [6.45, 7) is 4.03. The van der Waals surface area contributed by atoms with E-state index >= 15 is 0 Å². The molecule has 0 aromatic heterocycles. The van der Waals surface area contributed by atoms with Crippen LogP contribution in [0.5, 0.6) is 0 Å². The Labute approximate surface area is 108 Å². The van der Waals surface area contributed by atoms with Gasteiger partial charge in [0, 0.05) is 6.54 Å². The fourth-order valence-corrected chi connectivity index (χ4v) is 1.67. The summed E-state index contributed by atoms with van der Waals surface area (Å²) >= 11 is 0. The van der Waals surface area contributed by atoms with Gasteiger partial charge in [-0.15, -0.1) is 0 Å². The van der Waals surface area contributed by atoms with E-state index < -0.39 is 11.6 Å². The van der Waals surface area contributed by atoms with Gasteiger partial charge in [0.25, 0.3) is 0 Å². The number of aliphatic hydroxyl groups is 1. The number of nitrogens with two attached hydrogens (primary N) is 1. The molecule has 0 saturated heterocycles. The van der Waals surface area contributed by atoms with Crippen molar-refractivity contribution in [2.75, 3.05) is 6.54 Å². The number of rotatable bonds is 6. The highest BCUT2D eigenvalue weighted by atomic mass is 16.3. The molecule has 0 radical (unpaired) electrons. The minimum atomic E-state index is -0.841. The first-order valence-corrected chi connectivity index (χ1v) is 6.33. The molecular formula is C14H22N2O2. The summed E-state index contributed by atoms with van der Waals surface area (Å²) in [5.74, 6) is -0.262. The lowest BCUT2D eigenvalue weighted by Gasteiger charge is -2.26. The van der Waals surface area contributed by atoms with E-state index in [4.69, 9.17) is 5.73 Å². The zero-order valence-electron chi connectivity index (χ0n) is 11.0. The quantitative estimate of drug-likeness (QED) is 0.713. The maximum atomic E-state index is 11.9. The first-order chi connectivity index (χ1) is 8.52. The lowest BCUT2D eigenvalue weighted by atomic mass is 9.97. The van der Waals surface area contributed by atoms with Gasteiger partial charge >= 0.3 is 0 Å². The molecule has 0 bridgehead atoms. The molecule has 1 amide bonds. The molecule has 1 rings (SSSR count). The molecule has 1 aromatic carbocycles. The van der Waals surface area contributed by atoms with Crippen molar-refractivity contribution in [2.45, 2.75) is 38.3 Å². The summed E-state index contributed by atoms with van der Waals surface area (Å²) in [5.41, 5.74) is 5.79. The molecule has 18 heavy (non-hydrogen) atoms. The van der Waals surface area contributed by atoms with Gasteiger partial charge in [-0.3, -0.25) is 4.79 Å². The molecule has 0 aliphatic heterocycles. The summed E-state index contributed by atoms with van der Waals surface area (Å²) in [7, 11) is 0. The second-order valence-electron chi connectivity index (χ2n) is 4.54. The molecular weight excluding hydrogens is 228 g/mol. The lowest BCUT2D eigenvalue weighted by Crippen LogP contribution is -2.44. The maximum Gasteiger partial charge on any atom is 0.241 e. The lowest BCUT2D eigenvalue weighted by molar-refractivity contribution is -0.123. The van der Waals surface area contributed by atoms with Crippen molar-refractivity contribution < 1.29 is 9.90 Å². The Morgan fingerprint density at radius 2 is 1.89 bits per heavy atom. The summed E-state index contributed by atoms with van der Waals surface area (Å²) < 4.78 is 0. The third kappa shape index (κ3) is 3.82. The standard InChI is InChI=1S/C14H22N2O2/c1-3-14(18,4-2)10-16-13(17)12(15)11-8-6-5-7-9-11/h5-9,12,18H,3-4,10,15H2,1-2H3,(H,16,17)/t12-/m0/s1. The first-order valence-electron chi connectivity index (χ1n) is 6.33. The van der Waals surface area contributed by atoms with E-state index in [1.807, 2.05) is 44.2 Å². The molecule has 1 atom stereocenters. The van der Waals surface area contributed by atoms with Gasteiger partial charge in [0.1, 0.15) is 6.04 Å². The topological polar surface area (TPSA) is 75.3 Å². The molecule has 0 aliphatic carbocycles. The number of nitrogens with one attached hydrogen (secondary N) is 1. The summed E-state index contributed by atoms with van der Waals surface area (Å²) in [6, 6.07) is 8.50. The summed E-state index contributed by atoms with van der Waals surface area (Å²) in [4.78, 5) is 11.9. The van der Waals surface area contributed by atoms with Gasteiger partial charge < -0.3 is 16.2 Å². The third-order valence-corrected chi connectivity index (χ3v) is 3.35. The molecule has 1 aromatic rings. The average Bonchev–Trinajstić information content (AvgIpc) is 2.44. The molecule has 0 fully saturated rings. The van der Waals surface area contributed by atoms with Crippen molar-refractivity contribution in [3.05, 3.63) is 35.9 Å². The SMILES string of the molecule is CCC(O)(CC)CNC(=O)[C@@H](N)c1ccccc1. The molecule has 100 valence electrons. The minimum absolute atomic E-state index is 0.235. The van der Waals surface area contributed by atoms with Crippen LogP contribution in [0.2, 0.25) is 0 Å². The first kappa shape index (κ1) is 14.7. The molecule has 4 N–H and O–H groups in total. The van der Waals surface area contributed by atoms with E-state index in [0.717, 1.165) is 5.56 Å². The summed E-state index contributed by atoms with van der Waals surface area (Å²) in [5, 5.41) is 12.8. The predicted molar refractivity (Wildman–Crippen MR) is 71.9 cm³/mol. The van der Waals surface area contributed by atoms with E-state index in [0.29, 0.717) is 12.8 Å². The highest BCUT2D eigenvalue weighted by Crippen LogP contribution is 2.14. The molecule has 0 heterocycles. The van der Waals surface area contributed by atoms with Gasteiger partial charge in [-0.25, -0.2) is 0 Å². The Morgan fingerprint density at radius 1 is 1.33 bits per heavy atom. The van der Waals surface area contributed by atoms with Crippen molar-refractivity contribution in [2.24, 2.45) is 5.73 Å². The smallest absolute Gasteiger partial charge is 0.241 e. The Bertz CT molecular complexity index is 375. The van der Waals surface area contributed by atoms with Crippen LogP contribution in [0, 0.1) is 0 Å². The zero-order valence-corrected chi connectivity index (χ0v) is 11.0. The van der Waals surface area contributed by atoms with Gasteiger partial charge in [-0.2, -0.15) is 0 Å². The molecule has 0 aliphatic rings. The van der Waals surface area contributed by atoms with E-state index in [1.54, 1.807) is 0 Å². The van der Waals surface area contributed by atoms with Gasteiger partial charge in [0.2, 0.25) is 5.91 Å². The van der Waals surface area contributed by atoms with Gasteiger partial charge in [0.15, 0.2) is 0 Å². The average molecular weight is 250 g/mol. The predicted octanol–water partition coefficient (Wildman–Crippen LogP) is 1.35. The van der Waals surface area contributed by atoms with E-state index in [2.05, 4.69) is 5.32 Å². The van der Waals surface area contributed by atoms with Crippen LogP contribution in [0.3, 0.4) is 0 Å². The van der Waals surface area contributed by atoms with Crippen LogP contribution in [0.4, 0.5) is 0 Å². The van der Waals surface area contributed by atoms with Crippen LogP contribution >= 0.6 is 0 Å². The third-order valence-electron chi connectivity index (χ3n) is 3.35. The molecule has 0 unspecified atom stereocenters. The van der Waals surface area contributed by atoms with Crippen molar-refractivity contribution >= 4 is 5.91 Å². The normalized spacial score (nSPS) is 13.1. The second kappa shape index (κ2) is 6.52. The van der Waals surface area contributed by atoms with Crippen molar-refractivity contribution in [3.63, 3.8) is 0 Å². The van der Waals surface area contributed by atoms with E-state index in [1.165, 1.54) is 0 Å². The zero-order chi connectivity index (χ0) is 13.6. The van der Waals surface area contributed by atoms with Gasteiger partial charge in [-0.05, 0) is 18.4 Å². The number of amides is 1. The van der Waals surface area contributed by atoms with Crippen LogP contribution in [-0.4, -0.2) is 23.2 Å². The van der Waals surface area contributed by atoms with Crippen LogP contribution in [0.15, 0.2) is 30.3 Å². The number of benzene rings is 1. The van der Waals surface area contributed by atoms with Gasteiger partial charge in [-0.1, -0.05) is 44.2 Å². The minimum Gasteiger partial charge on any atom is -0.388 e. The Balaban J connectivity index is 2.56. The van der Waals surface area contributed by atoms with Crippen LogP contribution in [0.25, 0.3) is 0 Å². The Morgan fingerprint density at radius 3 is 2.39 bits per heavy atom. The largest absolute Gasteiger partial charge is 0.388 e. The fraction of sp³-hybridized carbons (Fsp3) is 0.500. The highest BCUT2D eigenvalue weighted by molar-refractivity contribution is 5.82. The number of carbonyl (C=O) groups is 1. The van der Waals surface area contributed by atoms with Crippen LogP contribution in [0.1, 0.15) is 38.3 Å². The van der Waals surface area contributed by atoms with E-state index in [-0.39, 0.29) is 12.5 Å². The monoisotopic (exact) mass is 250 g/mol. The molecule has 0 spiro atoms. The number of carbonyl (C=O) groups excluding carboxylic acids is 1. The van der Waals surface area contributed by atoms with Gasteiger partial charge in [0.05, 0.1) is 5.60 Å². The maximum absolute atomic E-state index is 11.9. The number of hydrogen-bond acceptors (Lipinski definition) is 3. The highest BCUT2D eigenvalue weighted by Gasteiger charge is 2.24. The Hall–Kier alpha value is -1.39. The van der Waals surface area contributed by atoms with Crippen molar-refractivity contribution in [1.82, 2.24) is 5.32 Å². The molecule has 0 saturated carbocycles. The fourth-order valence-electron chi connectivity index (χ4n) is 1.67. The van der Waals surface area contributed by atoms with Crippen LogP contribution < -0.4 is 11.1 Å².